The summed E-state index contributed by atoms with van der Waals surface area (Å²) in [6, 6.07) is 11.0. The minimum Gasteiger partial charge on any atom is -0.312 e. The molecule has 1 heterocycles. The standard InChI is InChI=1S/C17H25N3S/c1-13(2)10-18-11-15-5-7-17(8-6-15)21-12-16-9-14(3)19-20(16)4/h5-9,13,18H,10-12H2,1-4H3. The number of hydrogen-bond donors (Lipinski definition) is 1. The van der Waals surface area contributed by atoms with Crippen LogP contribution in [0.25, 0.3) is 0 Å². The van der Waals surface area contributed by atoms with Gasteiger partial charge in [-0.1, -0.05) is 26.0 Å². The van der Waals surface area contributed by atoms with Gasteiger partial charge in [0.15, 0.2) is 0 Å². The predicted molar refractivity (Wildman–Crippen MR) is 90.5 cm³/mol. The second kappa shape index (κ2) is 7.66. The average molecular weight is 303 g/mol. The molecule has 0 radical (unpaired) electrons. The van der Waals surface area contributed by atoms with Crippen molar-refractivity contribution in [2.75, 3.05) is 6.54 Å². The Hall–Kier alpha value is -1.26. The molecule has 0 aliphatic carbocycles. The zero-order valence-corrected chi connectivity index (χ0v) is 14.2. The third kappa shape index (κ3) is 5.21. The summed E-state index contributed by atoms with van der Waals surface area (Å²) in [4.78, 5) is 1.31. The van der Waals surface area contributed by atoms with Gasteiger partial charge in [0.2, 0.25) is 0 Å². The summed E-state index contributed by atoms with van der Waals surface area (Å²) in [5.74, 6) is 1.66. The lowest BCUT2D eigenvalue weighted by Crippen LogP contribution is -2.18. The molecule has 0 bridgehead atoms. The summed E-state index contributed by atoms with van der Waals surface area (Å²) < 4.78 is 1.96. The molecular weight excluding hydrogens is 278 g/mol. The molecule has 0 saturated heterocycles. The molecule has 1 aromatic carbocycles. The van der Waals surface area contributed by atoms with Crippen molar-refractivity contribution in [3.63, 3.8) is 0 Å². The zero-order valence-electron chi connectivity index (χ0n) is 13.4. The second-order valence-electron chi connectivity index (χ2n) is 5.86. The highest BCUT2D eigenvalue weighted by molar-refractivity contribution is 7.98. The van der Waals surface area contributed by atoms with E-state index in [0.29, 0.717) is 5.92 Å². The molecule has 0 atom stereocenters. The van der Waals surface area contributed by atoms with Crippen molar-refractivity contribution in [3.05, 3.63) is 47.3 Å². The highest BCUT2D eigenvalue weighted by Crippen LogP contribution is 2.23. The molecular formula is C17H25N3S. The zero-order chi connectivity index (χ0) is 15.2. The number of hydrogen-bond acceptors (Lipinski definition) is 3. The normalized spacial score (nSPS) is 11.3. The minimum atomic E-state index is 0.696. The minimum absolute atomic E-state index is 0.696. The lowest BCUT2D eigenvalue weighted by Gasteiger charge is -2.08. The predicted octanol–water partition coefficient (Wildman–Crippen LogP) is 3.77. The first-order valence-corrected chi connectivity index (χ1v) is 8.45. The van der Waals surface area contributed by atoms with E-state index in [4.69, 9.17) is 0 Å². The maximum atomic E-state index is 4.38. The van der Waals surface area contributed by atoms with Crippen LogP contribution in [-0.4, -0.2) is 16.3 Å². The number of nitrogens with zero attached hydrogens (tertiary/aromatic N) is 2. The molecule has 2 rings (SSSR count). The Morgan fingerprint density at radius 1 is 1.24 bits per heavy atom. The molecule has 0 aliphatic rings. The molecule has 0 spiro atoms. The van der Waals surface area contributed by atoms with Crippen LogP contribution >= 0.6 is 11.8 Å². The van der Waals surface area contributed by atoms with Crippen molar-refractivity contribution >= 4 is 11.8 Å². The lowest BCUT2D eigenvalue weighted by atomic mass is 10.2. The maximum Gasteiger partial charge on any atom is 0.0596 e. The largest absolute Gasteiger partial charge is 0.312 e. The highest BCUT2D eigenvalue weighted by atomic mass is 32.2. The fraction of sp³-hybridized carbons (Fsp3) is 0.471. The van der Waals surface area contributed by atoms with Crippen molar-refractivity contribution < 1.29 is 0 Å². The van der Waals surface area contributed by atoms with E-state index in [-0.39, 0.29) is 0 Å². The molecule has 114 valence electrons. The molecule has 0 unspecified atom stereocenters. The first-order chi connectivity index (χ1) is 10.0. The van der Waals surface area contributed by atoms with E-state index in [0.717, 1.165) is 24.5 Å². The average Bonchev–Trinajstić information content (AvgIpc) is 2.76. The van der Waals surface area contributed by atoms with Crippen LogP contribution in [0.15, 0.2) is 35.2 Å². The van der Waals surface area contributed by atoms with E-state index < -0.39 is 0 Å². The van der Waals surface area contributed by atoms with Gasteiger partial charge < -0.3 is 5.32 Å². The third-order valence-electron chi connectivity index (χ3n) is 3.29. The molecule has 2 aromatic rings. The molecule has 0 aliphatic heterocycles. The Bertz CT molecular complexity index is 558. The fourth-order valence-corrected chi connectivity index (χ4v) is 3.08. The summed E-state index contributed by atoms with van der Waals surface area (Å²) in [6.45, 7) is 8.51. The van der Waals surface area contributed by atoms with E-state index in [1.165, 1.54) is 16.2 Å². The Balaban J connectivity index is 1.83. The molecule has 1 N–H and O–H groups in total. The topological polar surface area (TPSA) is 29.9 Å². The number of thioether (sulfide) groups is 1. The van der Waals surface area contributed by atoms with Crippen LogP contribution in [0.1, 0.15) is 30.8 Å². The highest BCUT2D eigenvalue weighted by Gasteiger charge is 2.03. The van der Waals surface area contributed by atoms with E-state index in [1.807, 2.05) is 30.4 Å². The van der Waals surface area contributed by atoms with Gasteiger partial charge in [-0.15, -0.1) is 11.8 Å². The molecule has 21 heavy (non-hydrogen) atoms. The Labute approximate surface area is 132 Å². The van der Waals surface area contributed by atoms with Crippen molar-refractivity contribution in [1.29, 1.82) is 0 Å². The van der Waals surface area contributed by atoms with Gasteiger partial charge in [-0.25, -0.2) is 0 Å². The van der Waals surface area contributed by atoms with Crippen molar-refractivity contribution in [3.8, 4) is 0 Å². The Kier molecular flexibility index (Phi) is 5.88. The first kappa shape index (κ1) is 16.1. The van der Waals surface area contributed by atoms with E-state index in [1.54, 1.807) is 0 Å². The molecule has 1 aromatic heterocycles. The van der Waals surface area contributed by atoms with Crippen LogP contribution in [0, 0.1) is 12.8 Å². The molecule has 4 heteroatoms. The monoisotopic (exact) mass is 303 g/mol. The van der Waals surface area contributed by atoms with Crippen LogP contribution in [0.4, 0.5) is 0 Å². The van der Waals surface area contributed by atoms with Crippen LogP contribution < -0.4 is 5.32 Å². The van der Waals surface area contributed by atoms with E-state index >= 15 is 0 Å². The molecule has 0 amide bonds. The smallest absolute Gasteiger partial charge is 0.0596 e. The second-order valence-corrected chi connectivity index (χ2v) is 6.91. The van der Waals surface area contributed by atoms with E-state index in [9.17, 15) is 0 Å². The first-order valence-electron chi connectivity index (χ1n) is 7.46. The van der Waals surface area contributed by atoms with Gasteiger partial charge >= 0.3 is 0 Å². The Morgan fingerprint density at radius 3 is 2.52 bits per heavy atom. The summed E-state index contributed by atoms with van der Waals surface area (Å²) in [6.07, 6.45) is 0. The van der Waals surface area contributed by atoms with Crippen LogP contribution in [0.2, 0.25) is 0 Å². The van der Waals surface area contributed by atoms with Gasteiger partial charge in [-0.2, -0.15) is 5.10 Å². The third-order valence-corrected chi connectivity index (χ3v) is 4.34. The molecule has 0 saturated carbocycles. The lowest BCUT2D eigenvalue weighted by molar-refractivity contribution is 0.552. The van der Waals surface area contributed by atoms with Crippen molar-refractivity contribution in [1.82, 2.24) is 15.1 Å². The van der Waals surface area contributed by atoms with Gasteiger partial charge in [0.25, 0.3) is 0 Å². The van der Waals surface area contributed by atoms with Crippen LogP contribution in [0.3, 0.4) is 0 Å². The van der Waals surface area contributed by atoms with E-state index in [2.05, 4.69) is 54.6 Å². The molecule has 3 nitrogen and oxygen atoms in total. The number of aryl methyl sites for hydroxylation is 2. The van der Waals surface area contributed by atoms with Gasteiger partial charge in [-0.05, 0) is 43.1 Å². The number of benzene rings is 1. The maximum absolute atomic E-state index is 4.38. The number of rotatable bonds is 7. The molecule has 0 fully saturated rings. The van der Waals surface area contributed by atoms with Gasteiger partial charge in [0.05, 0.1) is 5.69 Å². The van der Waals surface area contributed by atoms with Crippen molar-refractivity contribution in [2.24, 2.45) is 13.0 Å². The summed E-state index contributed by atoms with van der Waals surface area (Å²) in [7, 11) is 2.01. The van der Waals surface area contributed by atoms with Crippen molar-refractivity contribution in [2.45, 2.75) is 38.0 Å². The summed E-state index contributed by atoms with van der Waals surface area (Å²) >= 11 is 1.86. The quantitative estimate of drug-likeness (QED) is 0.790. The Morgan fingerprint density at radius 2 is 1.95 bits per heavy atom. The van der Waals surface area contributed by atoms with Crippen LogP contribution in [0.5, 0.6) is 0 Å². The summed E-state index contributed by atoms with van der Waals surface area (Å²) in [5, 5.41) is 7.85. The van der Waals surface area contributed by atoms with Gasteiger partial charge in [0, 0.05) is 29.9 Å². The SMILES string of the molecule is Cc1cc(CSc2ccc(CNCC(C)C)cc2)n(C)n1. The van der Waals surface area contributed by atoms with Gasteiger partial charge in [0.1, 0.15) is 0 Å². The van der Waals surface area contributed by atoms with Crippen LogP contribution in [-0.2, 0) is 19.3 Å². The number of aromatic nitrogens is 2. The van der Waals surface area contributed by atoms with Gasteiger partial charge in [-0.3, -0.25) is 4.68 Å². The number of nitrogens with one attached hydrogen (secondary N) is 1. The fourth-order valence-electron chi connectivity index (χ4n) is 2.17. The summed E-state index contributed by atoms with van der Waals surface area (Å²) in [5.41, 5.74) is 3.69.